The average Bonchev–Trinajstić information content (AvgIpc) is 2.48. The molecule has 0 aliphatic heterocycles. The topological polar surface area (TPSA) is 34.1 Å². The van der Waals surface area contributed by atoms with Crippen LogP contribution in [0.25, 0.3) is 0 Å². The Morgan fingerprint density at radius 2 is 2.00 bits per heavy atom. The fraction of sp³-hybridized carbons (Fsp3) is 0.312. The van der Waals surface area contributed by atoms with Crippen molar-refractivity contribution in [2.75, 3.05) is 11.9 Å². The van der Waals surface area contributed by atoms with Gasteiger partial charge in [0.2, 0.25) is 0 Å². The van der Waals surface area contributed by atoms with E-state index in [1.807, 2.05) is 42.6 Å². The largest absolute Gasteiger partial charge is 0.372 e. The maximum absolute atomic E-state index is 6.07. The zero-order valence-corrected chi connectivity index (χ0v) is 12.4. The molecule has 20 heavy (non-hydrogen) atoms. The molecule has 0 aliphatic rings. The van der Waals surface area contributed by atoms with Crippen molar-refractivity contribution >= 4 is 17.4 Å². The predicted octanol–water partition coefficient (Wildman–Crippen LogP) is 4.27. The van der Waals surface area contributed by atoms with Gasteiger partial charge in [-0.25, -0.2) is 4.98 Å². The van der Waals surface area contributed by atoms with Crippen LogP contribution >= 0.6 is 11.6 Å². The first kappa shape index (κ1) is 14.8. The lowest BCUT2D eigenvalue weighted by Crippen LogP contribution is -2.02. The molecule has 0 spiro atoms. The van der Waals surface area contributed by atoms with E-state index in [0.717, 1.165) is 34.9 Å². The van der Waals surface area contributed by atoms with E-state index < -0.39 is 0 Å². The summed E-state index contributed by atoms with van der Waals surface area (Å²) in [5.74, 6) is 0.904. The van der Waals surface area contributed by atoms with Crippen molar-refractivity contribution in [3.05, 3.63) is 58.7 Å². The van der Waals surface area contributed by atoms with Crippen LogP contribution in [0.2, 0.25) is 5.02 Å². The Hall–Kier alpha value is -1.58. The normalized spacial score (nSPS) is 10.5. The lowest BCUT2D eigenvalue weighted by molar-refractivity contribution is 0.107. The van der Waals surface area contributed by atoms with Crippen LogP contribution in [-0.2, 0) is 18.0 Å². The van der Waals surface area contributed by atoms with Crippen LogP contribution in [0.4, 0.5) is 5.82 Å². The molecule has 0 saturated heterocycles. The number of benzene rings is 1. The van der Waals surface area contributed by atoms with Crippen LogP contribution in [0.15, 0.2) is 42.6 Å². The zero-order chi connectivity index (χ0) is 14.2. The summed E-state index contributed by atoms with van der Waals surface area (Å²) in [6, 6.07) is 11.7. The van der Waals surface area contributed by atoms with Crippen molar-refractivity contribution < 1.29 is 4.74 Å². The summed E-state index contributed by atoms with van der Waals surface area (Å²) in [5, 5.41) is 3.98. The Morgan fingerprint density at radius 3 is 2.70 bits per heavy atom. The van der Waals surface area contributed by atoms with Gasteiger partial charge in [0.15, 0.2) is 0 Å². The Labute approximate surface area is 124 Å². The minimum Gasteiger partial charge on any atom is -0.372 e. The highest BCUT2D eigenvalue weighted by Crippen LogP contribution is 2.16. The summed E-state index contributed by atoms with van der Waals surface area (Å²) in [6.07, 6.45) is 2.93. The van der Waals surface area contributed by atoms with Crippen molar-refractivity contribution in [1.29, 1.82) is 0 Å². The van der Waals surface area contributed by atoms with Gasteiger partial charge < -0.3 is 10.1 Å². The summed E-state index contributed by atoms with van der Waals surface area (Å²) >= 11 is 6.07. The summed E-state index contributed by atoms with van der Waals surface area (Å²) in [4.78, 5) is 4.34. The van der Waals surface area contributed by atoms with Crippen LogP contribution in [0.1, 0.15) is 24.5 Å². The van der Waals surface area contributed by atoms with Gasteiger partial charge in [0.25, 0.3) is 0 Å². The van der Waals surface area contributed by atoms with Crippen LogP contribution in [0.3, 0.4) is 0 Å². The van der Waals surface area contributed by atoms with Gasteiger partial charge in [0.1, 0.15) is 5.82 Å². The van der Waals surface area contributed by atoms with Crippen molar-refractivity contribution in [3.63, 3.8) is 0 Å². The van der Waals surface area contributed by atoms with Gasteiger partial charge in [-0.05, 0) is 29.7 Å². The van der Waals surface area contributed by atoms with Crippen molar-refractivity contribution in [3.8, 4) is 0 Å². The highest BCUT2D eigenvalue weighted by Gasteiger charge is 2.00. The molecule has 2 aromatic rings. The monoisotopic (exact) mass is 290 g/mol. The lowest BCUT2D eigenvalue weighted by atomic mass is 10.2. The van der Waals surface area contributed by atoms with Gasteiger partial charge in [-0.1, -0.05) is 42.8 Å². The molecular formula is C16H19ClN2O. The minimum atomic E-state index is 0.509. The third-order valence-electron chi connectivity index (χ3n) is 2.86. The fourth-order valence-electron chi connectivity index (χ4n) is 1.76. The molecule has 0 fully saturated rings. The number of hydrogen-bond acceptors (Lipinski definition) is 3. The third-order valence-corrected chi connectivity index (χ3v) is 3.23. The summed E-state index contributed by atoms with van der Waals surface area (Å²) in [5.41, 5.74) is 2.06. The van der Waals surface area contributed by atoms with Crippen LogP contribution in [-0.4, -0.2) is 11.5 Å². The van der Waals surface area contributed by atoms with Crippen LogP contribution in [0.5, 0.6) is 0 Å². The Morgan fingerprint density at radius 1 is 1.15 bits per heavy atom. The second-order valence-electron chi connectivity index (χ2n) is 4.56. The third kappa shape index (κ3) is 4.51. The maximum Gasteiger partial charge on any atom is 0.125 e. The molecule has 0 bridgehead atoms. The Bertz CT molecular complexity index is 528. The van der Waals surface area contributed by atoms with E-state index in [4.69, 9.17) is 16.3 Å². The quantitative estimate of drug-likeness (QED) is 0.827. The molecular weight excluding hydrogens is 272 g/mol. The van der Waals surface area contributed by atoms with E-state index in [-0.39, 0.29) is 0 Å². The van der Waals surface area contributed by atoms with Gasteiger partial charge in [0, 0.05) is 17.8 Å². The van der Waals surface area contributed by atoms with E-state index in [0.29, 0.717) is 13.2 Å². The average molecular weight is 291 g/mol. The lowest BCUT2D eigenvalue weighted by Gasteiger charge is -2.07. The molecule has 0 saturated carbocycles. The summed E-state index contributed by atoms with van der Waals surface area (Å²) in [7, 11) is 0. The van der Waals surface area contributed by atoms with E-state index in [9.17, 15) is 0 Å². The number of halogens is 1. The number of anilines is 1. The van der Waals surface area contributed by atoms with Gasteiger partial charge in [0.05, 0.1) is 13.2 Å². The first-order valence-electron chi connectivity index (χ1n) is 6.79. The molecule has 3 nitrogen and oxygen atoms in total. The first-order valence-corrected chi connectivity index (χ1v) is 7.17. The maximum atomic E-state index is 6.07. The molecule has 106 valence electrons. The molecule has 0 amide bonds. The summed E-state index contributed by atoms with van der Waals surface area (Å²) < 4.78 is 5.66. The van der Waals surface area contributed by atoms with Gasteiger partial charge >= 0.3 is 0 Å². The van der Waals surface area contributed by atoms with Crippen molar-refractivity contribution in [2.24, 2.45) is 0 Å². The second kappa shape index (κ2) is 7.88. The molecule has 2 rings (SSSR count). The molecule has 0 radical (unpaired) electrons. The van der Waals surface area contributed by atoms with Gasteiger partial charge in [-0.15, -0.1) is 0 Å². The second-order valence-corrected chi connectivity index (χ2v) is 4.97. The number of pyridine rings is 1. The zero-order valence-electron chi connectivity index (χ0n) is 11.6. The van der Waals surface area contributed by atoms with Gasteiger partial charge in [-0.2, -0.15) is 0 Å². The van der Waals surface area contributed by atoms with Crippen LogP contribution in [0, 0.1) is 0 Å². The van der Waals surface area contributed by atoms with E-state index >= 15 is 0 Å². The van der Waals surface area contributed by atoms with E-state index in [2.05, 4.69) is 17.2 Å². The standard InChI is InChI=1S/C16H19ClN2O/c1-2-9-18-16-8-7-13(10-19-16)11-20-12-14-5-3-4-6-15(14)17/h3-8,10H,2,9,11-12H2,1H3,(H,18,19). The predicted molar refractivity (Wildman–Crippen MR) is 83.0 cm³/mol. The van der Waals surface area contributed by atoms with Crippen LogP contribution < -0.4 is 5.32 Å². The Kier molecular flexibility index (Phi) is 5.84. The highest BCUT2D eigenvalue weighted by atomic mass is 35.5. The first-order chi connectivity index (χ1) is 9.79. The van der Waals surface area contributed by atoms with Gasteiger partial charge in [-0.3, -0.25) is 0 Å². The molecule has 4 heteroatoms. The smallest absolute Gasteiger partial charge is 0.125 e. The highest BCUT2D eigenvalue weighted by molar-refractivity contribution is 6.31. The fourth-order valence-corrected chi connectivity index (χ4v) is 1.95. The molecule has 1 heterocycles. The molecule has 1 aromatic carbocycles. The van der Waals surface area contributed by atoms with Crippen molar-refractivity contribution in [1.82, 2.24) is 4.98 Å². The summed E-state index contributed by atoms with van der Waals surface area (Å²) in [6.45, 7) is 4.11. The molecule has 1 aromatic heterocycles. The minimum absolute atomic E-state index is 0.509. The van der Waals surface area contributed by atoms with E-state index in [1.165, 1.54) is 0 Å². The number of hydrogen-bond donors (Lipinski definition) is 1. The molecule has 0 aliphatic carbocycles. The number of ether oxygens (including phenoxy) is 1. The number of aromatic nitrogens is 1. The number of nitrogens with zero attached hydrogens (tertiary/aromatic N) is 1. The SMILES string of the molecule is CCCNc1ccc(COCc2ccccc2Cl)cn1. The Balaban J connectivity index is 1.81. The molecule has 0 unspecified atom stereocenters. The van der Waals surface area contributed by atoms with Crippen molar-refractivity contribution in [2.45, 2.75) is 26.6 Å². The molecule has 1 N–H and O–H groups in total. The molecule has 0 atom stereocenters. The number of rotatable bonds is 7. The van der Waals surface area contributed by atoms with E-state index in [1.54, 1.807) is 0 Å². The number of nitrogens with one attached hydrogen (secondary N) is 1.